The van der Waals surface area contributed by atoms with Crippen LogP contribution < -0.4 is 10.5 Å². The lowest BCUT2D eigenvalue weighted by molar-refractivity contribution is 0.325. The molecule has 0 unspecified atom stereocenters. The molecule has 0 fully saturated rings. The summed E-state index contributed by atoms with van der Waals surface area (Å²) in [5.74, 6) is 2.00. The van der Waals surface area contributed by atoms with Gasteiger partial charge in [0.05, 0.1) is 13.2 Å². The van der Waals surface area contributed by atoms with Gasteiger partial charge in [0.1, 0.15) is 5.75 Å². The van der Waals surface area contributed by atoms with E-state index < -0.39 is 0 Å². The predicted molar refractivity (Wildman–Crippen MR) is 68.1 cm³/mol. The minimum Gasteiger partial charge on any atom is -0.497 e. The Balaban J connectivity index is 2.29. The van der Waals surface area contributed by atoms with Crippen molar-refractivity contribution < 1.29 is 9.26 Å². The third-order valence-electron chi connectivity index (χ3n) is 2.77. The number of ether oxygens (including phenoxy) is 1. The van der Waals surface area contributed by atoms with Crippen LogP contribution in [0.1, 0.15) is 25.8 Å². The van der Waals surface area contributed by atoms with Gasteiger partial charge < -0.3 is 15.0 Å². The molecule has 5 heteroatoms. The van der Waals surface area contributed by atoms with E-state index in [2.05, 4.69) is 10.1 Å². The van der Waals surface area contributed by atoms with Crippen LogP contribution in [-0.4, -0.2) is 17.3 Å². The van der Waals surface area contributed by atoms with Gasteiger partial charge in [0.15, 0.2) is 0 Å². The number of hydrogen-bond acceptors (Lipinski definition) is 5. The molecule has 2 N–H and O–H groups in total. The van der Waals surface area contributed by atoms with Crippen LogP contribution in [0.5, 0.6) is 5.75 Å². The second-order valence-electron chi connectivity index (χ2n) is 4.46. The first kappa shape index (κ1) is 12.6. The first-order valence-electron chi connectivity index (χ1n) is 5.85. The molecule has 5 nitrogen and oxygen atoms in total. The number of rotatable bonds is 4. The number of hydrogen-bond donors (Lipinski definition) is 1. The Morgan fingerprint density at radius 1 is 1.33 bits per heavy atom. The molecule has 0 radical (unpaired) electrons. The van der Waals surface area contributed by atoms with Gasteiger partial charge in [0.2, 0.25) is 11.7 Å². The highest BCUT2D eigenvalue weighted by Crippen LogP contribution is 2.24. The fraction of sp³-hybridized carbons (Fsp3) is 0.385. The van der Waals surface area contributed by atoms with Crippen molar-refractivity contribution >= 4 is 0 Å². The Hall–Kier alpha value is -1.88. The van der Waals surface area contributed by atoms with E-state index in [1.807, 2.05) is 38.1 Å². The molecule has 18 heavy (non-hydrogen) atoms. The van der Waals surface area contributed by atoms with Gasteiger partial charge in [0, 0.05) is 5.56 Å². The van der Waals surface area contributed by atoms with Gasteiger partial charge in [-0.05, 0) is 18.1 Å². The van der Waals surface area contributed by atoms with E-state index in [1.165, 1.54) is 0 Å². The Labute approximate surface area is 106 Å². The Morgan fingerprint density at radius 2 is 2.11 bits per heavy atom. The van der Waals surface area contributed by atoms with Crippen LogP contribution in [0, 0.1) is 5.92 Å². The van der Waals surface area contributed by atoms with E-state index in [4.69, 9.17) is 15.0 Å². The number of nitrogens with two attached hydrogens (primary N) is 1. The summed E-state index contributed by atoms with van der Waals surface area (Å²) >= 11 is 0. The normalized spacial score (nSPS) is 12.7. The molecule has 0 bridgehead atoms. The fourth-order valence-electron chi connectivity index (χ4n) is 1.54. The van der Waals surface area contributed by atoms with Crippen LogP contribution in [0.3, 0.4) is 0 Å². The number of benzene rings is 1. The molecule has 1 heterocycles. The molecule has 1 aromatic heterocycles. The molecule has 0 spiro atoms. The Bertz CT molecular complexity index is 522. The van der Waals surface area contributed by atoms with Crippen LogP contribution in [0.2, 0.25) is 0 Å². The monoisotopic (exact) mass is 247 g/mol. The lowest BCUT2D eigenvalue weighted by atomic mass is 10.1. The first-order valence-corrected chi connectivity index (χ1v) is 5.85. The van der Waals surface area contributed by atoms with Gasteiger partial charge in [-0.15, -0.1) is 0 Å². The average Bonchev–Trinajstić information content (AvgIpc) is 2.87. The van der Waals surface area contributed by atoms with E-state index in [-0.39, 0.29) is 12.0 Å². The van der Waals surface area contributed by atoms with Crippen LogP contribution in [0.15, 0.2) is 28.8 Å². The summed E-state index contributed by atoms with van der Waals surface area (Å²) in [6.07, 6.45) is 0. The largest absolute Gasteiger partial charge is 0.497 e. The van der Waals surface area contributed by atoms with E-state index in [0.717, 1.165) is 11.3 Å². The van der Waals surface area contributed by atoms with Crippen molar-refractivity contribution in [2.24, 2.45) is 11.7 Å². The Kier molecular flexibility index (Phi) is 3.62. The average molecular weight is 247 g/mol. The molecular formula is C13H17N3O2. The van der Waals surface area contributed by atoms with Crippen molar-refractivity contribution in [3.63, 3.8) is 0 Å². The third kappa shape index (κ3) is 2.51. The zero-order valence-corrected chi connectivity index (χ0v) is 10.8. The predicted octanol–water partition coefficient (Wildman–Crippen LogP) is 2.40. The summed E-state index contributed by atoms with van der Waals surface area (Å²) in [6, 6.07) is 7.27. The zero-order chi connectivity index (χ0) is 13.1. The molecule has 96 valence electrons. The maximum absolute atomic E-state index is 5.96. The molecule has 1 aromatic carbocycles. The quantitative estimate of drug-likeness (QED) is 0.898. The SMILES string of the molecule is COc1cccc(-c2noc([C@H](N)C(C)C)n2)c1. The molecule has 1 atom stereocenters. The number of methoxy groups -OCH3 is 1. The molecule has 0 saturated carbocycles. The van der Waals surface area contributed by atoms with Crippen molar-refractivity contribution in [2.45, 2.75) is 19.9 Å². The number of nitrogens with zero attached hydrogens (tertiary/aromatic N) is 2. The molecule has 0 amide bonds. The van der Waals surface area contributed by atoms with Gasteiger partial charge in [-0.25, -0.2) is 0 Å². The van der Waals surface area contributed by atoms with Crippen LogP contribution in [0.25, 0.3) is 11.4 Å². The lowest BCUT2D eigenvalue weighted by Gasteiger charge is -2.09. The topological polar surface area (TPSA) is 74.2 Å². The van der Waals surface area contributed by atoms with Crippen molar-refractivity contribution in [1.29, 1.82) is 0 Å². The summed E-state index contributed by atoms with van der Waals surface area (Å²) < 4.78 is 10.3. The molecule has 0 aliphatic rings. The minimum absolute atomic E-state index is 0.239. The lowest BCUT2D eigenvalue weighted by Crippen LogP contribution is -2.16. The van der Waals surface area contributed by atoms with Crippen LogP contribution in [0.4, 0.5) is 0 Å². The van der Waals surface area contributed by atoms with E-state index >= 15 is 0 Å². The minimum atomic E-state index is -0.239. The maximum atomic E-state index is 5.96. The standard InChI is InChI=1S/C13H17N3O2/c1-8(2)11(14)13-15-12(16-18-13)9-5-4-6-10(7-9)17-3/h4-8,11H,14H2,1-3H3/t11-/m1/s1. The van der Waals surface area contributed by atoms with Crippen molar-refractivity contribution in [3.8, 4) is 17.1 Å². The molecule has 0 aliphatic heterocycles. The molecule has 2 rings (SSSR count). The summed E-state index contributed by atoms with van der Waals surface area (Å²) in [5, 5.41) is 3.94. The van der Waals surface area contributed by atoms with Crippen LogP contribution in [-0.2, 0) is 0 Å². The van der Waals surface area contributed by atoms with Crippen molar-refractivity contribution in [1.82, 2.24) is 10.1 Å². The van der Waals surface area contributed by atoms with Gasteiger partial charge in [-0.3, -0.25) is 0 Å². The second-order valence-corrected chi connectivity index (χ2v) is 4.46. The van der Waals surface area contributed by atoms with E-state index in [0.29, 0.717) is 11.7 Å². The Morgan fingerprint density at radius 3 is 2.78 bits per heavy atom. The van der Waals surface area contributed by atoms with E-state index in [9.17, 15) is 0 Å². The first-order chi connectivity index (χ1) is 8.61. The smallest absolute Gasteiger partial charge is 0.244 e. The van der Waals surface area contributed by atoms with Gasteiger partial charge in [0.25, 0.3) is 0 Å². The van der Waals surface area contributed by atoms with E-state index in [1.54, 1.807) is 7.11 Å². The maximum Gasteiger partial charge on any atom is 0.244 e. The highest BCUT2D eigenvalue weighted by Gasteiger charge is 2.18. The zero-order valence-electron chi connectivity index (χ0n) is 10.8. The molecular weight excluding hydrogens is 230 g/mol. The van der Waals surface area contributed by atoms with Gasteiger partial charge in [-0.2, -0.15) is 4.98 Å². The highest BCUT2D eigenvalue weighted by molar-refractivity contribution is 5.56. The summed E-state index contributed by atoms with van der Waals surface area (Å²) in [6.45, 7) is 4.03. The van der Waals surface area contributed by atoms with Crippen LogP contribution >= 0.6 is 0 Å². The van der Waals surface area contributed by atoms with Gasteiger partial charge >= 0.3 is 0 Å². The summed E-state index contributed by atoms with van der Waals surface area (Å²) in [5.41, 5.74) is 6.81. The van der Waals surface area contributed by atoms with Gasteiger partial charge in [-0.1, -0.05) is 31.1 Å². The van der Waals surface area contributed by atoms with Crippen molar-refractivity contribution in [3.05, 3.63) is 30.2 Å². The summed E-state index contributed by atoms with van der Waals surface area (Å²) in [4.78, 5) is 4.32. The summed E-state index contributed by atoms with van der Waals surface area (Å²) in [7, 11) is 1.62. The molecule has 2 aromatic rings. The molecule has 0 aliphatic carbocycles. The highest BCUT2D eigenvalue weighted by atomic mass is 16.5. The van der Waals surface area contributed by atoms with Crippen molar-refractivity contribution in [2.75, 3.05) is 7.11 Å². The second kappa shape index (κ2) is 5.18. The third-order valence-corrected chi connectivity index (χ3v) is 2.77. The molecule has 0 saturated heterocycles. The fourth-order valence-corrected chi connectivity index (χ4v) is 1.54. The number of aromatic nitrogens is 2.